The first-order chi connectivity index (χ1) is 9.98. The summed E-state index contributed by atoms with van der Waals surface area (Å²) in [4.78, 5) is 10.5. The van der Waals surface area contributed by atoms with E-state index in [1.165, 1.54) is 19.2 Å². The quantitative estimate of drug-likeness (QED) is 0.644. The van der Waals surface area contributed by atoms with E-state index in [0.717, 1.165) is 12.8 Å². The zero-order chi connectivity index (χ0) is 15.6. The second-order valence-electron chi connectivity index (χ2n) is 5.39. The normalized spacial score (nSPS) is 23.2. The lowest BCUT2D eigenvalue weighted by atomic mass is 9.60. The molecule has 21 heavy (non-hydrogen) atoms. The van der Waals surface area contributed by atoms with Crippen molar-refractivity contribution in [2.45, 2.75) is 45.3 Å². The standard InChI is InChI=1S/C15H21NO5/c1-4-15(5-2)13(17)9-14(15)21-10-6-7-12(20-3)11(8-10)16(18)19/h6-8,13-14,17H,4-5,9H2,1-3H3. The van der Waals surface area contributed by atoms with Gasteiger partial charge < -0.3 is 14.6 Å². The van der Waals surface area contributed by atoms with Crippen LogP contribution in [0.4, 0.5) is 5.69 Å². The first-order valence-corrected chi connectivity index (χ1v) is 7.15. The van der Waals surface area contributed by atoms with Crippen LogP contribution >= 0.6 is 0 Å². The molecule has 2 rings (SSSR count). The van der Waals surface area contributed by atoms with Crippen LogP contribution in [-0.4, -0.2) is 29.3 Å². The van der Waals surface area contributed by atoms with E-state index < -0.39 is 4.92 Å². The Kier molecular flexibility index (Phi) is 4.37. The number of nitro benzene ring substituents is 1. The Bertz CT molecular complexity index is 527. The van der Waals surface area contributed by atoms with Gasteiger partial charge in [-0.1, -0.05) is 13.8 Å². The fourth-order valence-electron chi connectivity index (χ4n) is 3.12. The third-order valence-corrected chi connectivity index (χ3v) is 4.68. The molecule has 116 valence electrons. The molecule has 0 radical (unpaired) electrons. The number of methoxy groups -OCH3 is 1. The van der Waals surface area contributed by atoms with Crippen molar-refractivity contribution in [2.24, 2.45) is 5.41 Å². The zero-order valence-electron chi connectivity index (χ0n) is 12.5. The van der Waals surface area contributed by atoms with E-state index in [2.05, 4.69) is 0 Å². The molecule has 0 spiro atoms. The van der Waals surface area contributed by atoms with Gasteiger partial charge in [0.15, 0.2) is 5.75 Å². The average molecular weight is 295 g/mol. The maximum absolute atomic E-state index is 11.0. The van der Waals surface area contributed by atoms with Crippen LogP contribution in [0.1, 0.15) is 33.1 Å². The summed E-state index contributed by atoms with van der Waals surface area (Å²) in [5.41, 5.74) is -0.372. The van der Waals surface area contributed by atoms with Gasteiger partial charge in [0.1, 0.15) is 11.9 Å². The largest absolute Gasteiger partial charge is 0.490 e. The number of aliphatic hydroxyl groups excluding tert-OH is 1. The van der Waals surface area contributed by atoms with Crippen molar-refractivity contribution >= 4 is 5.69 Å². The van der Waals surface area contributed by atoms with E-state index in [9.17, 15) is 15.2 Å². The van der Waals surface area contributed by atoms with E-state index in [-0.39, 0.29) is 29.1 Å². The lowest BCUT2D eigenvalue weighted by Crippen LogP contribution is -2.59. The zero-order valence-corrected chi connectivity index (χ0v) is 12.5. The highest BCUT2D eigenvalue weighted by atomic mass is 16.6. The molecular formula is C15H21NO5. The first-order valence-electron chi connectivity index (χ1n) is 7.15. The predicted octanol–water partition coefficient (Wildman–Crippen LogP) is 2.92. The molecule has 1 N–H and O–H groups in total. The highest BCUT2D eigenvalue weighted by Crippen LogP contribution is 2.49. The third-order valence-electron chi connectivity index (χ3n) is 4.68. The molecule has 0 saturated heterocycles. The van der Waals surface area contributed by atoms with E-state index in [1.807, 2.05) is 13.8 Å². The fraction of sp³-hybridized carbons (Fsp3) is 0.600. The van der Waals surface area contributed by atoms with Gasteiger partial charge in [-0.05, 0) is 25.0 Å². The van der Waals surface area contributed by atoms with Gasteiger partial charge in [-0.2, -0.15) is 0 Å². The van der Waals surface area contributed by atoms with Gasteiger partial charge in [-0.25, -0.2) is 0 Å². The minimum atomic E-state index is -0.492. The molecule has 2 unspecified atom stereocenters. The van der Waals surface area contributed by atoms with Crippen molar-refractivity contribution in [3.63, 3.8) is 0 Å². The van der Waals surface area contributed by atoms with E-state index >= 15 is 0 Å². The average Bonchev–Trinajstić information content (AvgIpc) is 2.48. The summed E-state index contributed by atoms with van der Waals surface area (Å²) in [7, 11) is 1.39. The summed E-state index contributed by atoms with van der Waals surface area (Å²) in [6.07, 6.45) is 1.70. The molecule has 0 amide bonds. The second kappa shape index (κ2) is 5.89. The number of hydrogen-bond donors (Lipinski definition) is 1. The number of aliphatic hydroxyl groups is 1. The Morgan fingerprint density at radius 2 is 2.10 bits per heavy atom. The maximum atomic E-state index is 11.0. The summed E-state index contributed by atoms with van der Waals surface area (Å²) < 4.78 is 10.9. The molecule has 0 heterocycles. The van der Waals surface area contributed by atoms with Gasteiger partial charge in [0.25, 0.3) is 0 Å². The van der Waals surface area contributed by atoms with Gasteiger partial charge in [-0.3, -0.25) is 10.1 Å². The molecule has 0 aliphatic heterocycles. The molecule has 1 fully saturated rings. The van der Waals surface area contributed by atoms with E-state index in [0.29, 0.717) is 12.2 Å². The topological polar surface area (TPSA) is 81.8 Å². The summed E-state index contributed by atoms with van der Waals surface area (Å²) in [5, 5.41) is 21.0. The van der Waals surface area contributed by atoms with Crippen molar-refractivity contribution < 1.29 is 19.5 Å². The lowest BCUT2D eigenvalue weighted by molar-refractivity contribution is -0.385. The van der Waals surface area contributed by atoms with E-state index in [1.54, 1.807) is 6.07 Å². The van der Waals surface area contributed by atoms with Gasteiger partial charge >= 0.3 is 5.69 Å². The Morgan fingerprint density at radius 1 is 1.43 bits per heavy atom. The van der Waals surface area contributed by atoms with Gasteiger partial charge in [0, 0.05) is 11.8 Å². The summed E-state index contributed by atoms with van der Waals surface area (Å²) in [6, 6.07) is 4.56. The van der Waals surface area contributed by atoms with Gasteiger partial charge in [0.2, 0.25) is 0 Å². The highest BCUT2D eigenvalue weighted by Gasteiger charge is 2.53. The highest BCUT2D eigenvalue weighted by molar-refractivity contribution is 5.51. The second-order valence-corrected chi connectivity index (χ2v) is 5.39. The number of nitro groups is 1. The van der Waals surface area contributed by atoms with Crippen molar-refractivity contribution in [1.82, 2.24) is 0 Å². The molecule has 1 aromatic rings. The smallest absolute Gasteiger partial charge is 0.314 e. The Balaban J connectivity index is 2.21. The van der Waals surface area contributed by atoms with Crippen molar-refractivity contribution in [3.05, 3.63) is 28.3 Å². The van der Waals surface area contributed by atoms with Crippen LogP contribution in [0.3, 0.4) is 0 Å². The first kappa shape index (κ1) is 15.6. The van der Waals surface area contributed by atoms with Crippen LogP contribution in [0.25, 0.3) is 0 Å². The van der Waals surface area contributed by atoms with Crippen molar-refractivity contribution in [2.75, 3.05) is 7.11 Å². The number of ether oxygens (including phenoxy) is 2. The molecule has 6 heteroatoms. The Morgan fingerprint density at radius 3 is 2.57 bits per heavy atom. The Labute approximate surface area is 123 Å². The van der Waals surface area contributed by atoms with Crippen LogP contribution < -0.4 is 9.47 Å². The molecule has 1 aromatic carbocycles. The number of rotatable bonds is 6. The SMILES string of the molecule is CCC1(CC)C(O)CC1Oc1ccc(OC)c([N+](=O)[O-])c1. The van der Waals surface area contributed by atoms with Gasteiger partial charge in [-0.15, -0.1) is 0 Å². The molecule has 1 aliphatic rings. The summed E-state index contributed by atoms with van der Waals surface area (Å²) in [5.74, 6) is 0.643. The minimum absolute atomic E-state index is 0.115. The molecule has 1 aliphatic carbocycles. The van der Waals surface area contributed by atoms with Gasteiger partial charge in [0.05, 0.1) is 24.2 Å². The monoisotopic (exact) mass is 295 g/mol. The molecule has 1 saturated carbocycles. The summed E-state index contributed by atoms with van der Waals surface area (Å²) in [6.45, 7) is 4.05. The van der Waals surface area contributed by atoms with E-state index in [4.69, 9.17) is 9.47 Å². The third kappa shape index (κ3) is 2.55. The number of nitrogens with zero attached hydrogens (tertiary/aromatic N) is 1. The predicted molar refractivity (Wildman–Crippen MR) is 77.7 cm³/mol. The molecule has 0 bridgehead atoms. The number of hydrogen-bond acceptors (Lipinski definition) is 5. The van der Waals surface area contributed by atoms with Crippen LogP contribution in [0.5, 0.6) is 11.5 Å². The lowest BCUT2D eigenvalue weighted by Gasteiger charge is -2.52. The van der Waals surface area contributed by atoms with Crippen LogP contribution in [0, 0.1) is 15.5 Å². The molecule has 2 atom stereocenters. The van der Waals surface area contributed by atoms with Crippen molar-refractivity contribution in [1.29, 1.82) is 0 Å². The summed E-state index contributed by atoms with van der Waals surface area (Å²) >= 11 is 0. The molecule has 6 nitrogen and oxygen atoms in total. The number of benzene rings is 1. The Hall–Kier alpha value is -1.82. The van der Waals surface area contributed by atoms with Crippen LogP contribution in [-0.2, 0) is 0 Å². The minimum Gasteiger partial charge on any atom is -0.490 e. The molecule has 0 aromatic heterocycles. The van der Waals surface area contributed by atoms with Crippen LogP contribution in [0.15, 0.2) is 18.2 Å². The maximum Gasteiger partial charge on any atom is 0.314 e. The molecular weight excluding hydrogens is 274 g/mol. The van der Waals surface area contributed by atoms with Crippen molar-refractivity contribution in [3.8, 4) is 11.5 Å². The fourth-order valence-corrected chi connectivity index (χ4v) is 3.12. The van der Waals surface area contributed by atoms with Crippen LogP contribution in [0.2, 0.25) is 0 Å².